The van der Waals surface area contributed by atoms with Gasteiger partial charge >= 0.3 is 15.2 Å². The lowest BCUT2D eigenvalue weighted by Gasteiger charge is -2.29. The van der Waals surface area contributed by atoms with Crippen LogP contribution in [0.4, 0.5) is 0 Å². The predicted octanol–water partition coefficient (Wildman–Crippen LogP) is 22.9. The fourth-order valence-corrected chi connectivity index (χ4v) is 13.2. The molecule has 0 aliphatic carbocycles. The molecule has 0 saturated carbocycles. The first-order valence-corrected chi connectivity index (χ1v) is 35.7. The van der Waals surface area contributed by atoms with Crippen LogP contribution in [0.15, 0.2) is 24.3 Å². The molecule has 1 atom stereocenters. The summed E-state index contributed by atoms with van der Waals surface area (Å²) >= 11 is 0. The van der Waals surface area contributed by atoms with E-state index in [0.717, 1.165) is 53.5 Å². The third-order valence-electron chi connectivity index (χ3n) is 15.2. The SMILES string of the molecule is CCCCCCCCCCCCCCCCCCOP(=O)(Cc1cc(C(C)(C)C)c(O)c(C(C)(C)C)c1)OCCCCCCCCCCCCCCCCCC.CCOP(=O)(O)Cc1cc(C(C)(C)C)c(O)c(C(C)(C)C)c1. The molecule has 2 aromatic carbocycles. The minimum Gasteiger partial charge on any atom is -0.507 e. The van der Waals surface area contributed by atoms with Gasteiger partial charge in [0.15, 0.2) is 0 Å². The van der Waals surface area contributed by atoms with Crippen LogP contribution in [0.3, 0.4) is 0 Å². The number of benzene rings is 2. The van der Waals surface area contributed by atoms with Crippen molar-refractivity contribution in [2.75, 3.05) is 19.8 Å². The first kappa shape index (κ1) is 74.4. The van der Waals surface area contributed by atoms with Crippen LogP contribution >= 0.6 is 15.2 Å². The molecule has 0 saturated heterocycles. The number of hydrogen-bond acceptors (Lipinski definition) is 7. The summed E-state index contributed by atoms with van der Waals surface area (Å²) in [4.78, 5) is 9.90. The molecule has 0 amide bonds. The Hall–Kier alpha value is -1.66. The van der Waals surface area contributed by atoms with E-state index in [0.29, 0.717) is 24.5 Å². The zero-order chi connectivity index (χ0) is 58.7. The van der Waals surface area contributed by atoms with Crippen LogP contribution in [0.2, 0.25) is 0 Å². The average Bonchev–Trinajstić information content (AvgIpc) is 3.33. The van der Waals surface area contributed by atoms with E-state index in [1.54, 1.807) is 6.92 Å². The van der Waals surface area contributed by atoms with Crippen molar-refractivity contribution in [2.24, 2.45) is 0 Å². The Labute approximate surface area is 483 Å². The number of phenolic OH excluding ortho intramolecular Hbond substituents is 2. The monoisotopic (exact) mass is 1130 g/mol. The standard InChI is InChI=1S/C51H97O4P.C17H29O4P/c1-9-11-13-15-17-19-21-23-25-27-29-31-33-35-37-39-41-54-56(53,45-46-43-47(50(3,4)5)49(52)48(44-46)51(6,7)8)55-42-40-38-36-34-32-30-28-26-24-22-20-18-16-14-12-10-2;1-8-21-22(19,20)11-12-9-13(16(2,3)4)15(18)14(10-12)17(5,6)7/h43-44,52H,9-42,45H2,1-8H3;9-10,18H,8,11H2,1-7H3,(H,19,20). The normalized spacial score (nSPS) is 13.4. The maximum absolute atomic E-state index is 14.4. The highest BCUT2D eigenvalue weighted by Crippen LogP contribution is 2.53. The van der Waals surface area contributed by atoms with E-state index in [1.807, 2.05) is 65.8 Å². The van der Waals surface area contributed by atoms with Gasteiger partial charge in [-0.25, -0.2) is 0 Å². The van der Waals surface area contributed by atoms with Gasteiger partial charge in [0.25, 0.3) is 0 Å². The van der Waals surface area contributed by atoms with Gasteiger partial charge in [0.1, 0.15) is 11.5 Å². The van der Waals surface area contributed by atoms with Crippen molar-refractivity contribution in [1.29, 1.82) is 0 Å². The fourth-order valence-electron chi connectivity index (χ4n) is 10.4. The van der Waals surface area contributed by atoms with Gasteiger partial charge in [0.2, 0.25) is 0 Å². The number of unbranched alkanes of at least 4 members (excludes halogenated alkanes) is 30. The van der Waals surface area contributed by atoms with Gasteiger partial charge in [-0.1, -0.05) is 314 Å². The highest BCUT2D eigenvalue weighted by atomic mass is 31.2. The second kappa shape index (κ2) is 39.8. The van der Waals surface area contributed by atoms with Gasteiger partial charge < -0.3 is 28.7 Å². The second-order valence-electron chi connectivity index (χ2n) is 27.3. The second-order valence-corrected chi connectivity index (χ2v) is 31.2. The van der Waals surface area contributed by atoms with Crippen molar-refractivity contribution >= 4 is 15.2 Å². The molecular formula is C68H126O8P2. The predicted molar refractivity (Wildman–Crippen MR) is 338 cm³/mol. The van der Waals surface area contributed by atoms with Crippen LogP contribution < -0.4 is 0 Å². The zero-order valence-electron chi connectivity index (χ0n) is 53.7. The summed E-state index contributed by atoms with van der Waals surface area (Å²) < 4.78 is 43.9. The maximum Gasteiger partial charge on any atom is 0.335 e. The number of aromatic hydroxyl groups is 2. The highest BCUT2D eigenvalue weighted by molar-refractivity contribution is 7.53. The number of phenols is 2. The summed E-state index contributed by atoms with van der Waals surface area (Å²) in [7, 11) is -7.02. The van der Waals surface area contributed by atoms with Crippen LogP contribution in [-0.2, 0) is 56.7 Å². The lowest BCUT2D eigenvalue weighted by Crippen LogP contribution is -2.18. The smallest absolute Gasteiger partial charge is 0.335 e. The van der Waals surface area contributed by atoms with E-state index < -0.39 is 15.2 Å². The summed E-state index contributed by atoms with van der Waals surface area (Å²) in [5.41, 5.74) is 3.99. The molecule has 2 rings (SSSR count). The Morgan fingerprint density at radius 1 is 0.346 bits per heavy atom. The van der Waals surface area contributed by atoms with Crippen molar-refractivity contribution in [1.82, 2.24) is 0 Å². The Balaban J connectivity index is 0.00000115. The molecule has 0 aliphatic heterocycles. The lowest BCUT2D eigenvalue weighted by atomic mass is 9.78. The van der Waals surface area contributed by atoms with Gasteiger partial charge in [-0.3, -0.25) is 9.13 Å². The minimum absolute atomic E-state index is 0.0483. The van der Waals surface area contributed by atoms with Crippen LogP contribution in [0.1, 0.15) is 343 Å². The summed E-state index contributed by atoms with van der Waals surface area (Å²) in [6.07, 6.45) is 42.7. The molecule has 0 bridgehead atoms. The molecular weight excluding hydrogens is 1010 g/mol. The Bertz CT molecular complexity index is 1840. The van der Waals surface area contributed by atoms with Crippen molar-refractivity contribution < 1.29 is 37.8 Å². The number of rotatable bonds is 42. The summed E-state index contributed by atoms with van der Waals surface area (Å²) in [6, 6.07) is 7.69. The third-order valence-corrected chi connectivity index (χ3v) is 18.6. The lowest BCUT2D eigenvalue weighted by molar-refractivity contribution is 0.196. The molecule has 2 aromatic rings. The van der Waals surface area contributed by atoms with Gasteiger partial charge in [-0.05, 0) is 74.8 Å². The molecule has 0 aliphatic rings. The Kier molecular flexibility index (Phi) is 37.9. The van der Waals surface area contributed by atoms with E-state index in [-0.39, 0.29) is 46.3 Å². The number of hydrogen-bond donors (Lipinski definition) is 3. The van der Waals surface area contributed by atoms with E-state index in [2.05, 4.69) is 55.4 Å². The third kappa shape index (κ3) is 34.1. The molecule has 8 nitrogen and oxygen atoms in total. The van der Waals surface area contributed by atoms with Gasteiger partial charge in [0, 0.05) is 0 Å². The van der Waals surface area contributed by atoms with Gasteiger partial charge in [0.05, 0.1) is 32.1 Å². The molecule has 0 aromatic heterocycles. The molecule has 0 fully saturated rings. The zero-order valence-corrected chi connectivity index (χ0v) is 55.5. The first-order valence-electron chi connectivity index (χ1n) is 32.2. The van der Waals surface area contributed by atoms with Crippen molar-refractivity contribution in [3.8, 4) is 11.5 Å². The molecule has 78 heavy (non-hydrogen) atoms. The summed E-state index contributed by atoms with van der Waals surface area (Å²) in [5.74, 6) is 0.625. The maximum atomic E-state index is 14.4. The molecule has 456 valence electrons. The van der Waals surface area contributed by atoms with Crippen LogP contribution in [0.5, 0.6) is 11.5 Å². The van der Waals surface area contributed by atoms with E-state index in [9.17, 15) is 24.2 Å². The summed E-state index contributed by atoms with van der Waals surface area (Å²) in [5, 5.41) is 21.9. The quantitative estimate of drug-likeness (QED) is 0.0444. The Morgan fingerprint density at radius 3 is 0.782 bits per heavy atom. The first-order chi connectivity index (χ1) is 36.6. The molecule has 0 heterocycles. The molecule has 10 heteroatoms. The highest BCUT2D eigenvalue weighted by Gasteiger charge is 2.32. The van der Waals surface area contributed by atoms with Crippen LogP contribution in [0.25, 0.3) is 0 Å². The van der Waals surface area contributed by atoms with E-state index in [4.69, 9.17) is 13.6 Å². The molecule has 0 spiro atoms. The van der Waals surface area contributed by atoms with Crippen LogP contribution in [0, 0.1) is 0 Å². The van der Waals surface area contributed by atoms with E-state index in [1.165, 1.54) is 180 Å². The van der Waals surface area contributed by atoms with Crippen molar-refractivity contribution in [3.05, 3.63) is 57.6 Å². The van der Waals surface area contributed by atoms with Crippen LogP contribution in [-0.4, -0.2) is 34.9 Å². The largest absolute Gasteiger partial charge is 0.507 e. The van der Waals surface area contributed by atoms with Gasteiger partial charge in [-0.2, -0.15) is 0 Å². The molecule has 1 unspecified atom stereocenters. The fraction of sp³-hybridized carbons (Fsp3) is 0.824. The van der Waals surface area contributed by atoms with Gasteiger partial charge in [-0.15, -0.1) is 0 Å². The topological polar surface area (TPSA) is 123 Å². The minimum atomic E-state index is -3.66. The van der Waals surface area contributed by atoms with Crippen molar-refractivity contribution in [2.45, 2.75) is 343 Å². The Morgan fingerprint density at radius 2 is 0.564 bits per heavy atom. The average molecular weight is 1130 g/mol. The van der Waals surface area contributed by atoms with E-state index >= 15 is 0 Å². The molecule has 0 radical (unpaired) electrons. The molecule has 3 N–H and O–H groups in total. The van der Waals surface area contributed by atoms with Crippen molar-refractivity contribution in [3.63, 3.8) is 0 Å². The summed E-state index contributed by atoms with van der Waals surface area (Å²) in [6.45, 7) is 32.3.